The molecule has 10 nitrogen and oxygen atoms in total. The van der Waals surface area contributed by atoms with Gasteiger partial charge in [0.25, 0.3) is 0 Å². The van der Waals surface area contributed by atoms with E-state index < -0.39 is 6.10 Å². The number of methoxy groups -OCH3 is 2. The zero-order valence-corrected chi connectivity index (χ0v) is 24.7. The van der Waals surface area contributed by atoms with E-state index in [-0.39, 0.29) is 36.2 Å². The van der Waals surface area contributed by atoms with Crippen molar-refractivity contribution < 1.29 is 33.9 Å². The molecule has 2 amide bonds. The largest absolute Gasteiger partial charge is 0.379 e. The van der Waals surface area contributed by atoms with Crippen LogP contribution in [0.4, 0.5) is 0 Å². The number of carbonyl (C=O) groups is 2. The highest BCUT2D eigenvalue weighted by Crippen LogP contribution is 2.53. The number of fused-ring (bicyclic) bond motifs is 5. The van der Waals surface area contributed by atoms with Crippen molar-refractivity contribution in [2.45, 2.75) is 94.4 Å². The quantitative estimate of drug-likeness (QED) is 0.381. The van der Waals surface area contributed by atoms with Gasteiger partial charge in [-0.3, -0.25) is 14.5 Å². The van der Waals surface area contributed by atoms with Crippen molar-refractivity contribution in [2.75, 3.05) is 60.2 Å². The summed E-state index contributed by atoms with van der Waals surface area (Å²) in [6.07, 6.45) is 6.32. The average molecular weight is 564 g/mol. The summed E-state index contributed by atoms with van der Waals surface area (Å²) in [5.74, 6) is 1.51. The van der Waals surface area contributed by atoms with Gasteiger partial charge in [0.2, 0.25) is 11.8 Å². The van der Waals surface area contributed by atoms with Crippen LogP contribution in [0, 0.1) is 23.7 Å². The second-order valence-electron chi connectivity index (χ2n) is 13.1. The summed E-state index contributed by atoms with van der Waals surface area (Å²) in [4.78, 5) is 31.7. The van der Waals surface area contributed by atoms with Gasteiger partial charge in [0.1, 0.15) is 12.1 Å². The highest BCUT2D eigenvalue weighted by Gasteiger charge is 2.66. The molecule has 0 bridgehead atoms. The fourth-order valence-corrected chi connectivity index (χ4v) is 9.46. The van der Waals surface area contributed by atoms with Gasteiger partial charge in [0, 0.05) is 52.2 Å². The highest BCUT2D eigenvalue weighted by atomic mass is 16.5. The van der Waals surface area contributed by atoms with Crippen molar-refractivity contribution >= 4 is 11.8 Å². The van der Waals surface area contributed by atoms with Crippen molar-refractivity contribution in [3.05, 3.63) is 0 Å². The van der Waals surface area contributed by atoms with E-state index in [0.717, 1.165) is 84.3 Å². The lowest BCUT2D eigenvalue weighted by Gasteiger charge is -2.53. The summed E-state index contributed by atoms with van der Waals surface area (Å²) in [5, 5.41) is 5.62. The van der Waals surface area contributed by atoms with E-state index in [9.17, 15) is 9.59 Å². The van der Waals surface area contributed by atoms with Gasteiger partial charge in [-0.05, 0) is 63.8 Å². The number of ether oxygens (including phenoxy) is 4. The van der Waals surface area contributed by atoms with E-state index in [1.54, 1.807) is 14.2 Å². The molecule has 0 radical (unpaired) electrons. The lowest BCUT2D eigenvalue weighted by molar-refractivity contribution is -0.713. The molecule has 0 spiro atoms. The van der Waals surface area contributed by atoms with Gasteiger partial charge in [0.15, 0.2) is 0 Å². The fraction of sp³-hybridized carbons (Fsp3) is 0.933. The first-order chi connectivity index (χ1) is 19.5. The van der Waals surface area contributed by atoms with Crippen LogP contribution < -0.4 is 10.6 Å². The molecule has 0 aromatic heterocycles. The summed E-state index contributed by atoms with van der Waals surface area (Å²) in [6.45, 7) is 8.23. The highest BCUT2D eigenvalue weighted by molar-refractivity contribution is 5.82. The minimum atomic E-state index is -0.459. The molecule has 3 N–H and O–H groups in total. The molecule has 6 fully saturated rings. The van der Waals surface area contributed by atoms with Gasteiger partial charge in [-0.1, -0.05) is 0 Å². The Labute approximate surface area is 239 Å². The first-order valence-electron chi connectivity index (χ1n) is 16.0. The Balaban J connectivity index is 1.06. The lowest BCUT2D eigenvalue weighted by Crippen LogP contribution is -2.99. The number of carbonyl (C=O) groups excluding carboxylic acids is 2. The van der Waals surface area contributed by atoms with Gasteiger partial charge < -0.3 is 34.5 Å². The van der Waals surface area contributed by atoms with Crippen LogP contribution in [0.25, 0.3) is 0 Å². The monoisotopic (exact) mass is 563 g/mol. The standard InChI is InChI=1S/C30H50N4O6/c1-18(29(35)32-10-4-12-33-13-15-39-16-14-33)40-19-5-7-23-22(17-19)20-9-11-31-26-21-6-8-24(37-2)28(38-3)25(21)30(36)34(23)27(20)26/h18-28,31H,4-17H2,1-3H3,(H,32,35)/p+1/t18-,19?,20?,21?,22?,23?,24?,25?,26?,27?,28?/m1/s1. The summed E-state index contributed by atoms with van der Waals surface area (Å²) in [6, 6.07) is 1.05. The van der Waals surface area contributed by atoms with Crippen LogP contribution in [-0.2, 0) is 28.5 Å². The predicted octanol–water partition coefficient (Wildman–Crippen LogP) is -0.000200. The number of nitrogens with two attached hydrogens (primary N) is 1. The maximum atomic E-state index is 14.2. The van der Waals surface area contributed by atoms with Gasteiger partial charge in [0.05, 0.1) is 50.0 Å². The number of rotatable bonds is 9. The van der Waals surface area contributed by atoms with Crippen LogP contribution in [0.5, 0.6) is 0 Å². The second kappa shape index (κ2) is 12.5. The molecule has 6 rings (SSSR count). The number of nitrogens with one attached hydrogen (secondary N) is 1. The van der Waals surface area contributed by atoms with E-state index in [1.165, 1.54) is 0 Å². The third kappa shape index (κ3) is 5.33. The molecule has 6 aliphatic rings. The Morgan fingerprint density at radius 1 is 1.07 bits per heavy atom. The lowest BCUT2D eigenvalue weighted by atomic mass is 9.64. The molecule has 0 aromatic carbocycles. The Kier molecular flexibility index (Phi) is 9.01. The van der Waals surface area contributed by atoms with Crippen molar-refractivity contribution in [1.82, 2.24) is 15.1 Å². The van der Waals surface area contributed by atoms with Crippen LogP contribution >= 0.6 is 0 Å². The summed E-state index contributed by atoms with van der Waals surface area (Å²) < 4.78 is 23.5. The average Bonchev–Trinajstić information content (AvgIpc) is 3.32. The summed E-state index contributed by atoms with van der Waals surface area (Å²) >= 11 is 0. The molecule has 10 heteroatoms. The van der Waals surface area contributed by atoms with Crippen LogP contribution in [0.2, 0.25) is 0 Å². The van der Waals surface area contributed by atoms with Gasteiger partial charge in [-0.25, -0.2) is 0 Å². The third-order valence-electron chi connectivity index (χ3n) is 11.2. The van der Waals surface area contributed by atoms with Gasteiger partial charge in [-0.15, -0.1) is 0 Å². The maximum absolute atomic E-state index is 14.2. The Hall–Kier alpha value is -1.30. The Morgan fingerprint density at radius 2 is 1.90 bits per heavy atom. The minimum absolute atomic E-state index is 0.0133. The van der Waals surface area contributed by atoms with Gasteiger partial charge in [-0.2, -0.15) is 0 Å². The van der Waals surface area contributed by atoms with Crippen molar-refractivity contribution in [2.24, 2.45) is 23.7 Å². The molecule has 2 saturated carbocycles. The SMILES string of the molecule is COC1CCC2C3[NH2+]CCC4C5CC(O[C@H](C)C(=O)NCCCN6CCOCC6)CCC5N(C(=O)C2C1OC)C43. The number of morpholine rings is 1. The second-order valence-corrected chi connectivity index (χ2v) is 13.1. The molecule has 226 valence electrons. The van der Waals surface area contributed by atoms with Crippen LogP contribution in [0.1, 0.15) is 51.9 Å². The third-order valence-corrected chi connectivity index (χ3v) is 11.2. The number of piperidine rings is 2. The smallest absolute Gasteiger partial charge is 0.248 e. The van der Waals surface area contributed by atoms with Crippen molar-refractivity contribution in [1.29, 1.82) is 0 Å². The molecule has 0 aromatic rings. The number of nitrogens with zero attached hydrogens (tertiary/aromatic N) is 2. The van der Waals surface area contributed by atoms with E-state index in [2.05, 4.69) is 20.4 Å². The topological polar surface area (TPSA) is 106 Å². The molecule has 10 unspecified atom stereocenters. The summed E-state index contributed by atoms with van der Waals surface area (Å²) in [7, 11) is 3.48. The maximum Gasteiger partial charge on any atom is 0.248 e. The van der Waals surface area contributed by atoms with Crippen LogP contribution in [0.3, 0.4) is 0 Å². The van der Waals surface area contributed by atoms with Crippen molar-refractivity contribution in [3.8, 4) is 0 Å². The van der Waals surface area contributed by atoms with Crippen molar-refractivity contribution in [3.63, 3.8) is 0 Å². The zero-order valence-electron chi connectivity index (χ0n) is 24.7. The zero-order chi connectivity index (χ0) is 27.8. The molecule has 40 heavy (non-hydrogen) atoms. The molecule has 4 heterocycles. The minimum Gasteiger partial charge on any atom is -0.379 e. The van der Waals surface area contributed by atoms with Crippen LogP contribution in [-0.4, -0.2) is 124 Å². The first kappa shape index (κ1) is 28.8. The molecular weight excluding hydrogens is 512 g/mol. The molecular formula is C30H51N4O6+. The van der Waals surface area contributed by atoms with Gasteiger partial charge >= 0.3 is 0 Å². The molecule has 4 saturated heterocycles. The number of amides is 2. The number of hydrogen-bond donors (Lipinski definition) is 2. The first-order valence-corrected chi connectivity index (χ1v) is 16.0. The van der Waals surface area contributed by atoms with Crippen LogP contribution in [0.15, 0.2) is 0 Å². The number of quaternary nitrogens is 1. The fourth-order valence-electron chi connectivity index (χ4n) is 9.46. The number of hydrogen-bond acceptors (Lipinski definition) is 7. The van der Waals surface area contributed by atoms with E-state index in [1.807, 2.05) is 6.92 Å². The van der Waals surface area contributed by atoms with E-state index in [4.69, 9.17) is 18.9 Å². The summed E-state index contributed by atoms with van der Waals surface area (Å²) in [5.41, 5.74) is 0. The molecule has 11 atom stereocenters. The Bertz CT molecular complexity index is 901. The predicted molar refractivity (Wildman–Crippen MR) is 147 cm³/mol. The van der Waals surface area contributed by atoms with E-state index in [0.29, 0.717) is 42.3 Å². The normalized spacial score (nSPS) is 42.1. The Morgan fingerprint density at radius 3 is 2.67 bits per heavy atom. The van der Waals surface area contributed by atoms with E-state index >= 15 is 0 Å². The molecule has 2 aliphatic carbocycles. The molecule has 4 aliphatic heterocycles.